The van der Waals surface area contributed by atoms with Crippen LogP contribution in [0.1, 0.15) is 24.3 Å². The van der Waals surface area contributed by atoms with E-state index in [4.69, 9.17) is 9.68 Å². The first-order valence-electron chi connectivity index (χ1n) is 6.33. The van der Waals surface area contributed by atoms with Crippen LogP contribution in [0, 0.1) is 11.3 Å². The van der Waals surface area contributed by atoms with Crippen LogP contribution in [0.25, 0.3) is 6.08 Å². The summed E-state index contributed by atoms with van der Waals surface area (Å²) < 4.78 is 5.81. The highest BCUT2D eigenvalue weighted by molar-refractivity contribution is 9.10. The molecule has 0 saturated heterocycles. The average Bonchev–Trinajstić information content (AvgIpc) is 2.90. The van der Waals surface area contributed by atoms with Gasteiger partial charge in [0.15, 0.2) is 4.67 Å². The Kier molecular flexibility index (Phi) is 4.96. The predicted molar refractivity (Wildman–Crippen MR) is 83.0 cm³/mol. The summed E-state index contributed by atoms with van der Waals surface area (Å²) in [5, 5.41) is 11.9. The van der Waals surface area contributed by atoms with Crippen molar-refractivity contribution in [2.24, 2.45) is 0 Å². The number of hydrogen-bond donors (Lipinski definition) is 1. The third kappa shape index (κ3) is 4.07. The molecule has 0 saturated carbocycles. The molecule has 1 aromatic carbocycles. The zero-order chi connectivity index (χ0) is 15.2. The van der Waals surface area contributed by atoms with E-state index in [9.17, 15) is 4.79 Å². The lowest BCUT2D eigenvalue weighted by atomic mass is 10.1. The minimum Gasteiger partial charge on any atom is -0.450 e. The molecular formula is C16H13BrN2O2. The van der Waals surface area contributed by atoms with Crippen LogP contribution in [-0.4, -0.2) is 5.91 Å². The van der Waals surface area contributed by atoms with E-state index in [1.165, 1.54) is 6.08 Å². The minimum atomic E-state index is -0.429. The first-order valence-corrected chi connectivity index (χ1v) is 7.12. The van der Waals surface area contributed by atoms with Crippen molar-refractivity contribution in [3.63, 3.8) is 0 Å². The molecule has 0 aliphatic carbocycles. The van der Waals surface area contributed by atoms with Gasteiger partial charge in [-0.15, -0.1) is 0 Å². The monoisotopic (exact) mass is 344 g/mol. The Morgan fingerprint density at radius 2 is 2.05 bits per heavy atom. The Labute approximate surface area is 131 Å². The Morgan fingerprint density at radius 1 is 1.33 bits per heavy atom. The van der Waals surface area contributed by atoms with Crippen LogP contribution >= 0.6 is 15.9 Å². The van der Waals surface area contributed by atoms with Crippen molar-refractivity contribution in [1.82, 2.24) is 5.32 Å². The molecule has 4 nitrogen and oxygen atoms in total. The number of carbonyl (C=O) groups is 1. The highest BCUT2D eigenvalue weighted by Gasteiger charge is 2.14. The molecule has 1 aromatic heterocycles. The third-order valence-electron chi connectivity index (χ3n) is 2.89. The maximum absolute atomic E-state index is 12.1. The lowest BCUT2D eigenvalue weighted by Crippen LogP contribution is -2.27. The van der Waals surface area contributed by atoms with Crippen LogP contribution in [0.4, 0.5) is 0 Å². The number of furan rings is 1. The number of hydrogen-bond acceptors (Lipinski definition) is 3. The van der Waals surface area contributed by atoms with Gasteiger partial charge in [-0.3, -0.25) is 4.79 Å². The number of carbonyl (C=O) groups excluding carboxylic acids is 1. The van der Waals surface area contributed by atoms with Crippen LogP contribution in [0.2, 0.25) is 0 Å². The van der Waals surface area contributed by atoms with Crippen molar-refractivity contribution in [2.75, 3.05) is 0 Å². The normalized spacial score (nSPS) is 12.5. The molecule has 1 heterocycles. The van der Waals surface area contributed by atoms with Gasteiger partial charge >= 0.3 is 0 Å². The number of rotatable bonds is 4. The second-order valence-corrected chi connectivity index (χ2v) is 5.20. The Bertz CT molecular complexity index is 699. The summed E-state index contributed by atoms with van der Waals surface area (Å²) in [6, 6.07) is 14.6. The molecule has 1 atom stereocenters. The Hall–Kier alpha value is -2.32. The summed E-state index contributed by atoms with van der Waals surface area (Å²) in [4.78, 5) is 12.1. The first-order chi connectivity index (χ1) is 10.1. The standard InChI is InChI=1S/C16H13BrN2O2/c1-11(12-5-3-2-4-6-12)19-16(20)13(10-18)9-14-7-8-15(17)21-14/h2-9,11H,1H3,(H,19,20). The minimum absolute atomic E-state index is 0.000342. The maximum Gasteiger partial charge on any atom is 0.262 e. The second kappa shape index (κ2) is 6.91. The van der Waals surface area contributed by atoms with E-state index in [1.807, 2.05) is 43.3 Å². The number of nitrogens with zero attached hydrogens (tertiary/aromatic N) is 1. The second-order valence-electron chi connectivity index (χ2n) is 4.42. The molecule has 0 spiro atoms. The van der Waals surface area contributed by atoms with E-state index < -0.39 is 5.91 Å². The van der Waals surface area contributed by atoms with E-state index >= 15 is 0 Å². The molecule has 1 amide bonds. The van der Waals surface area contributed by atoms with Gasteiger partial charge < -0.3 is 9.73 Å². The fourth-order valence-corrected chi connectivity index (χ4v) is 2.12. The Balaban J connectivity index is 2.11. The van der Waals surface area contributed by atoms with E-state index in [-0.39, 0.29) is 11.6 Å². The molecule has 0 fully saturated rings. The third-order valence-corrected chi connectivity index (χ3v) is 3.32. The molecule has 106 valence electrons. The molecule has 1 N–H and O–H groups in total. The topological polar surface area (TPSA) is 66.0 Å². The van der Waals surface area contributed by atoms with Crippen LogP contribution in [0.3, 0.4) is 0 Å². The molecule has 1 unspecified atom stereocenters. The van der Waals surface area contributed by atoms with E-state index in [2.05, 4.69) is 21.2 Å². The van der Waals surface area contributed by atoms with Gasteiger partial charge in [0.1, 0.15) is 17.4 Å². The molecule has 0 radical (unpaired) electrons. The number of amides is 1. The maximum atomic E-state index is 12.1. The number of nitriles is 1. The van der Waals surface area contributed by atoms with Crippen molar-refractivity contribution >= 4 is 27.9 Å². The van der Waals surface area contributed by atoms with Crippen LogP contribution in [0.15, 0.2) is 57.1 Å². The highest BCUT2D eigenvalue weighted by Crippen LogP contribution is 2.17. The summed E-state index contributed by atoms with van der Waals surface area (Å²) in [5.74, 6) is 0.0160. The molecular weight excluding hydrogens is 332 g/mol. The SMILES string of the molecule is CC(NC(=O)C(C#N)=Cc1ccc(Br)o1)c1ccccc1. The number of benzene rings is 1. The summed E-state index contributed by atoms with van der Waals surface area (Å²) >= 11 is 3.17. The lowest BCUT2D eigenvalue weighted by molar-refractivity contribution is -0.117. The molecule has 0 aliphatic heterocycles. The summed E-state index contributed by atoms with van der Waals surface area (Å²) in [6.45, 7) is 1.87. The predicted octanol–water partition coefficient (Wildman–Crippen LogP) is 3.83. The molecule has 0 bridgehead atoms. The van der Waals surface area contributed by atoms with Crippen molar-refractivity contribution < 1.29 is 9.21 Å². The lowest BCUT2D eigenvalue weighted by Gasteiger charge is -2.13. The van der Waals surface area contributed by atoms with Gasteiger partial charge in [0.25, 0.3) is 5.91 Å². The van der Waals surface area contributed by atoms with Crippen molar-refractivity contribution in [3.8, 4) is 6.07 Å². The van der Waals surface area contributed by atoms with E-state index in [1.54, 1.807) is 12.1 Å². The van der Waals surface area contributed by atoms with Gasteiger partial charge in [0, 0.05) is 6.08 Å². The van der Waals surface area contributed by atoms with Crippen molar-refractivity contribution in [2.45, 2.75) is 13.0 Å². The van der Waals surface area contributed by atoms with Gasteiger partial charge in [-0.2, -0.15) is 5.26 Å². The van der Waals surface area contributed by atoms with Crippen LogP contribution in [-0.2, 0) is 4.79 Å². The largest absolute Gasteiger partial charge is 0.450 e. The summed E-state index contributed by atoms with van der Waals surface area (Å²) in [6.07, 6.45) is 1.41. The molecule has 2 aromatic rings. The molecule has 21 heavy (non-hydrogen) atoms. The van der Waals surface area contributed by atoms with Gasteiger partial charge in [-0.1, -0.05) is 30.3 Å². The summed E-state index contributed by atoms with van der Waals surface area (Å²) in [5.41, 5.74) is 0.975. The smallest absolute Gasteiger partial charge is 0.262 e. The quantitative estimate of drug-likeness (QED) is 0.677. The molecule has 0 aliphatic rings. The number of halogens is 1. The van der Waals surface area contributed by atoms with Gasteiger partial charge in [-0.05, 0) is 40.5 Å². The van der Waals surface area contributed by atoms with Crippen LogP contribution in [0.5, 0.6) is 0 Å². The number of nitrogens with one attached hydrogen (secondary N) is 1. The van der Waals surface area contributed by atoms with Gasteiger partial charge in [-0.25, -0.2) is 0 Å². The zero-order valence-electron chi connectivity index (χ0n) is 11.3. The first kappa shape index (κ1) is 15.1. The van der Waals surface area contributed by atoms with Gasteiger partial charge in [0.05, 0.1) is 6.04 Å². The highest BCUT2D eigenvalue weighted by atomic mass is 79.9. The zero-order valence-corrected chi connectivity index (χ0v) is 12.9. The average molecular weight is 345 g/mol. The van der Waals surface area contributed by atoms with Crippen LogP contribution < -0.4 is 5.32 Å². The van der Waals surface area contributed by atoms with Crippen molar-refractivity contribution in [1.29, 1.82) is 5.26 Å². The molecule has 2 rings (SSSR count). The van der Waals surface area contributed by atoms with E-state index in [0.29, 0.717) is 10.4 Å². The van der Waals surface area contributed by atoms with E-state index in [0.717, 1.165) is 5.56 Å². The fourth-order valence-electron chi connectivity index (χ4n) is 1.80. The molecule has 5 heteroatoms. The summed E-state index contributed by atoms with van der Waals surface area (Å²) in [7, 11) is 0. The van der Waals surface area contributed by atoms with Gasteiger partial charge in [0.2, 0.25) is 0 Å². The Morgan fingerprint density at radius 3 is 2.62 bits per heavy atom. The van der Waals surface area contributed by atoms with Crippen molar-refractivity contribution in [3.05, 3.63) is 64.0 Å². The fraction of sp³-hybridized carbons (Fsp3) is 0.125.